The number of carbonyl (C=O) groups excluding carboxylic acids is 2. The van der Waals surface area contributed by atoms with Gasteiger partial charge in [-0.15, -0.1) is 0 Å². The van der Waals surface area contributed by atoms with E-state index in [-0.39, 0.29) is 12.5 Å². The molecule has 0 aliphatic carbocycles. The first-order valence-electron chi connectivity index (χ1n) is 11.5. The van der Waals surface area contributed by atoms with E-state index in [0.717, 1.165) is 39.2 Å². The fraction of sp³-hybridized carbons (Fsp3) is 0.321. The number of benzene rings is 2. The Bertz CT molecular complexity index is 1230. The van der Waals surface area contributed by atoms with Crippen LogP contribution in [0.1, 0.15) is 59.2 Å². The molecule has 3 aromatic rings. The van der Waals surface area contributed by atoms with Crippen LogP contribution < -0.4 is 10.6 Å². The molecule has 0 bridgehead atoms. The van der Waals surface area contributed by atoms with E-state index in [4.69, 9.17) is 16.3 Å². The van der Waals surface area contributed by atoms with Gasteiger partial charge >= 0.3 is 6.09 Å². The second-order valence-corrected chi connectivity index (χ2v) is 10.1. The van der Waals surface area contributed by atoms with Gasteiger partial charge in [0, 0.05) is 35.1 Å². The number of pyridine rings is 1. The average Bonchev–Trinajstić information content (AvgIpc) is 2.76. The molecule has 3 rings (SSSR count). The first-order valence-corrected chi connectivity index (χ1v) is 11.9. The molecule has 184 valence electrons. The second-order valence-electron chi connectivity index (χ2n) is 9.68. The highest BCUT2D eigenvalue weighted by atomic mass is 35.5. The Morgan fingerprint density at radius 2 is 1.49 bits per heavy atom. The smallest absolute Gasteiger partial charge is 0.407 e. The largest absolute Gasteiger partial charge is 0.444 e. The topological polar surface area (TPSA) is 80.3 Å². The monoisotopic (exact) mass is 493 g/mol. The molecule has 0 atom stereocenters. The number of rotatable bonds is 6. The van der Waals surface area contributed by atoms with Gasteiger partial charge in [-0.25, -0.2) is 4.79 Å². The molecule has 2 N–H and O–H groups in total. The summed E-state index contributed by atoms with van der Waals surface area (Å²) in [5.41, 5.74) is 6.22. The summed E-state index contributed by atoms with van der Waals surface area (Å²) >= 11 is 6.11. The third-order valence-corrected chi connectivity index (χ3v) is 5.61. The highest BCUT2D eigenvalue weighted by Crippen LogP contribution is 2.24. The quantitative estimate of drug-likeness (QED) is 0.423. The van der Waals surface area contributed by atoms with Gasteiger partial charge in [-0.1, -0.05) is 23.7 Å². The summed E-state index contributed by atoms with van der Waals surface area (Å²) in [6, 6.07) is 15.2. The van der Waals surface area contributed by atoms with E-state index in [2.05, 4.69) is 15.6 Å². The highest BCUT2D eigenvalue weighted by molar-refractivity contribution is 6.31. The van der Waals surface area contributed by atoms with Crippen molar-refractivity contribution in [2.45, 2.75) is 60.2 Å². The Hall–Kier alpha value is -3.38. The highest BCUT2D eigenvalue weighted by Gasteiger charge is 2.17. The van der Waals surface area contributed by atoms with E-state index in [1.807, 2.05) is 84.0 Å². The summed E-state index contributed by atoms with van der Waals surface area (Å²) < 4.78 is 5.34. The van der Waals surface area contributed by atoms with Crippen molar-refractivity contribution in [3.05, 3.63) is 87.2 Å². The molecule has 0 aliphatic heterocycles. The lowest BCUT2D eigenvalue weighted by atomic mass is 9.98. The number of ether oxygens (including phenoxy) is 1. The fourth-order valence-corrected chi connectivity index (χ4v) is 3.80. The van der Waals surface area contributed by atoms with Gasteiger partial charge in [0.2, 0.25) is 0 Å². The number of hydrogen-bond donors (Lipinski definition) is 2. The molecule has 7 heteroatoms. The summed E-state index contributed by atoms with van der Waals surface area (Å²) in [5, 5.41) is 6.45. The first kappa shape index (κ1) is 26.2. The molecule has 1 heterocycles. The minimum atomic E-state index is -0.594. The zero-order chi connectivity index (χ0) is 25.8. The number of amides is 2. The van der Waals surface area contributed by atoms with Gasteiger partial charge in [-0.3, -0.25) is 9.78 Å². The average molecular weight is 494 g/mol. The van der Waals surface area contributed by atoms with E-state index < -0.39 is 11.7 Å². The Morgan fingerprint density at radius 1 is 0.857 bits per heavy atom. The molecule has 1 aromatic heterocycles. The molecule has 2 aromatic carbocycles. The fourth-order valence-electron chi connectivity index (χ4n) is 3.68. The second kappa shape index (κ2) is 10.9. The molecule has 0 unspecified atom stereocenters. The van der Waals surface area contributed by atoms with Crippen molar-refractivity contribution in [3.63, 3.8) is 0 Å². The molecule has 0 saturated heterocycles. The lowest BCUT2D eigenvalue weighted by Crippen LogP contribution is -2.32. The third-order valence-electron chi connectivity index (χ3n) is 5.18. The van der Waals surface area contributed by atoms with Crippen LogP contribution in [0.3, 0.4) is 0 Å². The normalized spacial score (nSPS) is 11.2. The number of nitrogens with zero attached hydrogens (tertiary/aromatic N) is 1. The van der Waals surface area contributed by atoms with Crippen LogP contribution in [-0.2, 0) is 17.8 Å². The van der Waals surface area contributed by atoms with Gasteiger partial charge in [0.25, 0.3) is 5.91 Å². The minimum Gasteiger partial charge on any atom is -0.444 e. The van der Waals surface area contributed by atoms with E-state index >= 15 is 0 Å². The first-order chi connectivity index (χ1) is 16.4. The minimum absolute atomic E-state index is 0.208. The van der Waals surface area contributed by atoms with Crippen LogP contribution in [0.4, 0.5) is 4.79 Å². The summed E-state index contributed by atoms with van der Waals surface area (Å²) in [4.78, 5) is 29.7. The number of nitrogens with one attached hydrogen (secondary N) is 2. The van der Waals surface area contributed by atoms with Crippen LogP contribution >= 0.6 is 11.6 Å². The van der Waals surface area contributed by atoms with E-state index in [0.29, 0.717) is 17.1 Å². The van der Waals surface area contributed by atoms with Crippen molar-refractivity contribution in [2.24, 2.45) is 0 Å². The van der Waals surface area contributed by atoms with Crippen LogP contribution in [0.15, 0.2) is 48.5 Å². The van der Waals surface area contributed by atoms with Crippen molar-refractivity contribution in [2.75, 3.05) is 0 Å². The number of alkyl carbamates (subject to hydrolysis) is 1. The van der Waals surface area contributed by atoms with Crippen molar-refractivity contribution in [1.82, 2.24) is 15.6 Å². The number of carbonyl (C=O) groups is 2. The maximum absolute atomic E-state index is 13.1. The molecule has 2 amide bonds. The van der Waals surface area contributed by atoms with Crippen LogP contribution in [0, 0.1) is 20.8 Å². The summed E-state index contributed by atoms with van der Waals surface area (Å²) in [5.74, 6) is -0.208. The summed E-state index contributed by atoms with van der Waals surface area (Å²) in [6.07, 6.45) is -0.511. The zero-order valence-electron chi connectivity index (χ0n) is 21.1. The number of halogens is 1. The van der Waals surface area contributed by atoms with Gasteiger partial charge in [0.15, 0.2) is 0 Å². The predicted octanol–water partition coefficient (Wildman–Crippen LogP) is 6.28. The van der Waals surface area contributed by atoms with Crippen molar-refractivity contribution in [1.29, 1.82) is 0 Å². The van der Waals surface area contributed by atoms with E-state index in [9.17, 15) is 9.59 Å². The maximum atomic E-state index is 13.1. The van der Waals surface area contributed by atoms with Gasteiger partial charge in [0.05, 0.1) is 0 Å². The molecule has 0 spiro atoms. The van der Waals surface area contributed by atoms with Crippen LogP contribution in [0.25, 0.3) is 11.1 Å². The lowest BCUT2D eigenvalue weighted by Gasteiger charge is -2.20. The third kappa shape index (κ3) is 7.82. The molecule has 6 nitrogen and oxygen atoms in total. The van der Waals surface area contributed by atoms with Gasteiger partial charge in [-0.2, -0.15) is 0 Å². The SMILES string of the molecule is Cc1cc(-c2cc(CNC(=O)OC(C)(C)C)cc(C(=O)NCc3ccc(Cl)c(C)c3)c2)cc(C)n1. The van der Waals surface area contributed by atoms with Gasteiger partial charge in [-0.05, 0) is 106 Å². The summed E-state index contributed by atoms with van der Waals surface area (Å²) in [6.45, 7) is 11.8. The Morgan fingerprint density at radius 3 is 2.11 bits per heavy atom. The molecule has 0 radical (unpaired) electrons. The molecular weight excluding hydrogens is 462 g/mol. The number of hydrogen-bond acceptors (Lipinski definition) is 4. The predicted molar refractivity (Wildman–Crippen MR) is 140 cm³/mol. The van der Waals surface area contributed by atoms with Crippen molar-refractivity contribution in [3.8, 4) is 11.1 Å². The Kier molecular flexibility index (Phi) is 8.18. The van der Waals surface area contributed by atoms with Crippen molar-refractivity contribution >= 4 is 23.6 Å². The molecule has 35 heavy (non-hydrogen) atoms. The summed E-state index contributed by atoms with van der Waals surface area (Å²) in [7, 11) is 0. The zero-order valence-corrected chi connectivity index (χ0v) is 21.8. The lowest BCUT2D eigenvalue weighted by molar-refractivity contribution is 0.0523. The van der Waals surface area contributed by atoms with Crippen LogP contribution in [0.5, 0.6) is 0 Å². The van der Waals surface area contributed by atoms with Gasteiger partial charge in [0.1, 0.15) is 5.60 Å². The van der Waals surface area contributed by atoms with Crippen molar-refractivity contribution < 1.29 is 14.3 Å². The van der Waals surface area contributed by atoms with Crippen LogP contribution in [-0.4, -0.2) is 22.6 Å². The standard InChI is InChI=1S/C28H32ClN3O3/c1-17-9-20(7-8-25(17)29)15-30-26(33)24-13-21(16-31-27(34)35-28(4,5)6)12-23(14-24)22-10-18(2)32-19(3)11-22/h7-14H,15-16H2,1-6H3,(H,30,33)(H,31,34). The van der Waals surface area contributed by atoms with Crippen LogP contribution in [0.2, 0.25) is 5.02 Å². The number of aromatic nitrogens is 1. The number of aryl methyl sites for hydroxylation is 3. The van der Waals surface area contributed by atoms with E-state index in [1.165, 1.54) is 0 Å². The molecular formula is C28H32ClN3O3. The Balaban J connectivity index is 1.86. The van der Waals surface area contributed by atoms with E-state index in [1.54, 1.807) is 6.07 Å². The molecule has 0 saturated carbocycles. The maximum Gasteiger partial charge on any atom is 0.407 e. The molecule has 0 fully saturated rings. The van der Waals surface area contributed by atoms with Gasteiger partial charge < -0.3 is 15.4 Å². The molecule has 0 aliphatic rings. The Labute approximate surface area is 212 Å².